The molecule has 1 aromatic rings. The van der Waals surface area contributed by atoms with Crippen LogP contribution in [0.4, 0.5) is 5.69 Å². The van der Waals surface area contributed by atoms with E-state index in [1.54, 1.807) is 0 Å². The van der Waals surface area contributed by atoms with Crippen molar-refractivity contribution in [2.24, 2.45) is 7.05 Å². The third-order valence-corrected chi connectivity index (χ3v) is 3.74. The lowest BCUT2D eigenvalue weighted by atomic mass is 10.0. The van der Waals surface area contributed by atoms with Crippen molar-refractivity contribution in [3.8, 4) is 0 Å². The molecule has 0 aromatic carbocycles. The van der Waals surface area contributed by atoms with Crippen LogP contribution in [0.2, 0.25) is 0 Å². The average molecular weight is 250 g/mol. The summed E-state index contributed by atoms with van der Waals surface area (Å²) in [4.78, 5) is 2.50. The molecule has 0 saturated carbocycles. The van der Waals surface area contributed by atoms with Gasteiger partial charge in [0.15, 0.2) is 0 Å². The third kappa shape index (κ3) is 3.05. The number of nitrogens with zero attached hydrogens (tertiary/aromatic N) is 3. The van der Waals surface area contributed by atoms with Gasteiger partial charge in [-0.05, 0) is 32.2 Å². The quantitative estimate of drug-likeness (QED) is 0.867. The minimum absolute atomic E-state index is 0.711. The maximum absolute atomic E-state index is 4.53. The summed E-state index contributed by atoms with van der Waals surface area (Å²) in [5.74, 6) is 0. The van der Waals surface area contributed by atoms with Crippen molar-refractivity contribution in [1.29, 1.82) is 0 Å². The van der Waals surface area contributed by atoms with Crippen molar-refractivity contribution in [3.63, 3.8) is 0 Å². The number of nitrogens with one attached hydrogen (secondary N) is 1. The summed E-state index contributed by atoms with van der Waals surface area (Å²) >= 11 is 0. The topological polar surface area (TPSA) is 33.1 Å². The summed E-state index contributed by atoms with van der Waals surface area (Å²) in [6.07, 6.45) is 6.90. The molecule has 2 heterocycles. The first-order chi connectivity index (χ1) is 8.74. The standard InChI is InChI=1S/C14H26N4/c1-4-8-15-12-6-9-18(10-7-12)14-11-17(3)16-13(14)5-2/h11-12,15H,4-10H2,1-3H3. The average Bonchev–Trinajstić information content (AvgIpc) is 2.78. The van der Waals surface area contributed by atoms with Crippen LogP contribution >= 0.6 is 0 Å². The van der Waals surface area contributed by atoms with Crippen LogP contribution in [0.1, 0.15) is 38.8 Å². The second-order valence-electron chi connectivity index (χ2n) is 5.20. The highest BCUT2D eigenvalue weighted by molar-refractivity contribution is 5.49. The summed E-state index contributed by atoms with van der Waals surface area (Å²) in [6.45, 7) is 7.87. The van der Waals surface area contributed by atoms with Crippen LogP contribution in [0.15, 0.2) is 6.20 Å². The van der Waals surface area contributed by atoms with Gasteiger partial charge in [0.1, 0.15) is 0 Å². The molecule has 1 N–H and O–H groups in total. The van der Waals surface area contributed by atoms with E-state index in [9.17, 15) is 0 Å². The Bertz CT molecular complexity index is 364. The lowest BCUT2D eigenvalue weighted by Crippen LogP contribution is -2.42. The molecule has 2 rings (SSSR count). The Labute approximate surface area is 110 Å². The Hall–Kier alpha value is -1.03. The van der Waals surface area contributed by atoms with Gasteiger partial charge in [0.05, 0.1) is 11.4 Å². The first kappa shape index (κ1) is 13.4. The highest BCUT2D eigenvalue weighted by Gasteiger charge is 2.21. The molecule has 0 spiro atoms. The van der Waals surface area contributed by atoms with E-state index in [2.05, 4.69) is 35.4 Å². The summed E-state index contributed by atoms with van der Waals surface area (Å²) in [5, 5.41) is 8.16. The van der Waals surface area contributed by atoms with Gasteiger partial charge < -0.3 is 10.2 Å². The van der Waals surface area contributed by atoms with Crippen molar-refractivity contribution in [2.75, 3.05) is 24.5 Å². The molecule has 4 nitrogen and oxygen atoms in total. The fourth-order valence-electron chi connectivity index (χ4n) is 2.71. The zero-order chi connectivity index (χ0) is 13.0. The summed E-state index contributed by atoms with van der Waals surface area (Å²) in [6, 6.07) is 0.711. The molecular formula is C14H26N4. The van der Waals surface area contributed by atoms with Crippen LogP contribution in [0.25, 0.3) is 0 Å². The maximum Gasteiger partial charge on any atom is 0.0855 e. The number of aromatic nitrogens is 2. The van der Waals surface area contributed by atoms with E-state index >= 15 is 0 Å². The molecule has 102 valence electrons. The van der Waals surface area contributed by atoms with E-state index in [1.165, 1.54) is 30.6 Å². The van der Waals surface area contributed by atoms with Crippen molar-refractivity contribution >= 4 is 5.69 Å². The molecule has 0 aliphatic carbocycles. The van der Waals surface area contributed by atoms with Crippen LogP contribution in [0.3, 0.4) is 0 Å². The van der Waals surface area contributed by atoms with E-state index < -0.39 is 0 Å². The fourth-order valence-corrected chi connectivity index (χ4v) is 2.71. The Kier molecular flexibility index (Phi) is 4.64. The van der Waals surface area contributed by atoms with E-state index in [0.29, 0.717) is 6.04 Å². The number of hydrogen-bond donors (Lipinski definition) is 1. The minimum Gasteiger partial charge on any atom is -0.369 e. The zero-order valence-corrected chi connectivity index (χ0v) is 11.9. The summed E-state index contributed by atoms with van der Waals surface area (Å²) in [5.41, 5.74) is 2.58. The van der Waals surface area contributed by atoms with Crippen LogP contribution in [0.5, 0.6) is 0 Å². The number of hydrogen-bond acceptors (Lipinski definition) is 3. The largest absolute Gasteiger partial charge is 0.369 e. The Balaban J connectivity index is 1.92. The van der Waals surface area contributed by atoms with Crippen LogP contribution < -0.4 is 10.2 Å². The third-order valence-electron chi connectivity index (χ3n) is 3.74. The van der Waals surface area contributed by atoms with Gasteiger partial charge in [-0.25, -0.2) is 0 Å². The van der Waals surface area contributed by atoms with Gasteiger partial charge in [0, 0.05) is 32.4 Å². The molecule has 1 fully saturated rings. The number of rotatable bonds is 5. The fraction of sp³-hybridized carbons (Fsp3) is 0.786. The van der Waals surface area contributed by atoms with Gasteiger partial charge in [-0.3, -0.25) is 4.68 Å². The Morgan fingerprint density at radius 2 is 2.06 bits per heavy atom. The van der Waals surface area contributed by atoms with Gasteiger partial charge in [-0.15, -0.1) is 0 Å². The predicted molar refractivity (Wildman–Crippen MR) is 76.1 cm³/mol. The molecule has 1 aliphatic rings. The second-order valence-corrected chi connectivity index (χ2v) is 5.20. The molecule has 1 aromatic heterocycles. The monoisotopic (exact) mass is 250 g/mol. The van der Waals surface area contributed by atoms with E-state index in [1.807, 2.05) is 11.7 Å². The zero-order valence-electron chi connectivity index (χ0n) is 11.9. The minimum atomic E-state index is 0.711. The molecule has 4 heteroatoms. The number of piperidine rings is 1. The van der Waals surface area contributed by atoms with Gasteiger partial charge >= 0.3 is 0 Å². The van der Waals surface area contributed by atoms with Crippen LogP contribution in [-0.2, 0) is 13.5 Å². The Morgan fingerprint density at radius 1 is 1.33 bits per heavy atom. The second kappa shape index (κ2) is 6.23. The molecule has 0 bridgehead atoms. The first-order valence-corrected chi connectivity index (χ1v) is 7.25. The van der Waals surface area contributed by atoms with E-state index in [0.717, 1.165) is 26.1 Å². The molecule has 0 radical (unpaired) electrons. The molecule has 1 aliphatic heterocycles. The molecular weight excluding hydrogens is 224 g/mol. The molecule has 0 amide bonds. The highest BCUT2D eigenvalue weighted by atomic mass is 15.3. The Morgan fingerprint density at radius 3 is 2.67 bits per heavy atom. The smallest absolute Gasteiger partial charge is 0.0855 e. The number of anilines is 1. The molecule has 0 unspecified atom stereocenters. The number of aryl methyl sites for hydroxylation is 2. The molecule has 18 heavy (non-hydrogen) atoms. The lowest BCUT2D eigenvalue weighted by molar-refractivity contribution is 0.415. The van der Waals surface area contributed by atoms with Crippen molar-refractivity contribution in [2.45, 2.75) is 45.6 Å². The molecule has 1 saturated heterocycles. The normalized spacial score (nSPS) is 17.4. The van der Waals surface area contributed by atoms with Gasteiger partial charge in [0.25, 0.3) is 0 Å². The maximum atomic E-state index is 4.53. The predicted octanol–water partition coefficient (Wildman–Crippen LogP) is 1.95. The van der Waals surface area contributed by atoms with E-state index in [4.69, 9.17) is 0 Å². The van der Waals surface area contributed by atoms with Crippen molar-refractivity contribution in [3.05, 3.63) is 11.9 Å². The highest BCUT2D eigenvalue weighted by Crippen LogP contribution is 2.23. The summed E-state index contributed by atoms with van der Waals surface area (Å²) < 4.78 is 1.94. The van der Waals surface area contributed by atoms with Gasteiger partial charge in [0.2, 0.25) is 0 Å². The first-order valence-electron chi connectivity index (χ1n) is 7.25. The SMILES string of the molecule is CCCNC1CCN(c2cn(C)nc2CC)CC1. The van der Waals surface area contributed by atoms with Crippen LogP contribution in [0, 0.1) is 0 Å². The van der Waals surface area contributed by atoms with Crippen LogP contribution in [-0.4, -0.2) is 35.5 Å². The van der Waals surface area contributed by atoms with Crippen molar-refractivity contribution < 1.29 is 0 Å². The van der Waals surface area contributed by atoms with Gasteiger partial charge in [-0.2, -0.15) is 5.10 Å². The molecule has 0 atom stereocenters. The van der Waals surface area contributed by atoms with E-state index in [-0.39, 0.29) is 0 Å². The summed E-state index contributed by atoms with van der Waals surface area (Å²) in [7, 11) is 2.01. The lowest BCUT2D eigenvalue weighted by Gasteiger charge is -2.33. The van der Waals surface area contributed by atoms with Gasteiger partial charge in [-0.1, -0.05) is 13.8 Å². The van der Waals surface area contributed by atoms with Crippen molar-refractivity contribution in [1.82, 2.24) is 15.1 Å².